The topological polar surface area (TPSA) is 34.1 Å². The van der Waals surface area contributed by atoms with E-state index in [-0.39, 0.29) is 17.5 Å². The minimum absolute atomic E-state index is 0.0748. The van der Waals surface area contributed by atoms with Crippen molar-refractivity contribution in [2.24, 2.45) is 11.8 Å². The van der Waals surface area contributed by atoms with Crippen LogP contribution in [-0.4, -0.2) is 11.6 Å². The molecule has 0 aromatic heterocycles. The molecule has 0 aliphatic heterocycles. The number of Topliss-reactive ketones (excluding diaryl/α,β-unsaturated/α-hetero) is 2. The maximum atomic E-state index is 12.7. The summed E-state index contributed by atoms with van der Waals surface area (Å²) in [6, 6.07) is 7.26. The van der Waals surface area contributed by atoms with Crippen molar-refractivity contribution in [1.82, 2.24) is 0 Å². The van der Waals surface area contributed by atoms with E-state index in [4.69, 9.17) is 0 Å². The lowest BCUT2D eigenvalue weighted by atomic mass is 9.66. The molecule has 0 N–H and O–H groups in total. The van der Waals surface area contributed by atoms with Crippen molar-refractivity contribution in [1.29, 1.82) is 0 Å². The lowest BCUT2D eigenvalue weighted by Gasteiger charge is -2.35. The summed E-state index contributed by atoms with van der Waals surface area (Å²) < 4.78 is 0. The molecule has 99 valence electrons. The van der Waals surface area contributed by atoms with Gasteiger partial charge in [0.05, 0.1) is 5.92 Å². The molecule has 0 heterocycles. The Morgan fingerprint density at radius 3 is 2.26 bits per heavy atom. The molecule has 0 amide bonds. The van der Waals surface area contributed by atoms with Crippen LogP contribution in [0.3, 0.4) is 0 Å². The zero-order chi connectivity index (χ0) is 13.4. The number of carbonyl (C=O) groups excluding carboxylic acids is 2. The molecule has 2 aliphatic rings. The molecule has 2 nitrogen and oxygen atoms in total. The summed E-state index contributed by atoms with van der Waals surface area (Å²) >= 11 is 0. The van der Waals surface area contributed by atoms with E-state index in [9.17, 15) is 9.59 Å². The van der Waals surface area contributed by atoms with Crippen molar-refractivity contribution in [2.45, 2.75) is 39.0 Å². The van der Waals surface area contributed by atoms with Gasteiger partial charge in [-0.3, -0.25) is 9.59 Å². The number of hydrogen-bond acceptors (Lipinski definition) is 2. The van der Waals surface area contributed by atoms with Crippen LogP contribution in [0, 0.1) is 17.8 Å². The molecule has 0 spiro atoms. The Labute approximate surface area is 114 Å². The van der Waals surface area contributed by atoms with Crippen molar-refractivity contribution in [3.63, 3.8) is 0 Å². The largest absolute Gasteiger partial charge is 0.294 e. The van der Waals surface area contributed by atoms with Gasteiger partial charge in [0.2, 0.25) is 0 Å². The molecule has 1 radical (unpaired) electrons. The highest BCUT2D eigenvalue weighted by Crippen LogP contribution is 2.41. The molecular formula is C17H19O2. The Hall–Kier alpha value is -1.44. The average molecular weight is 255 g/mol. The van der Waals surface area contributed by atoms with Crippen LogP contribution >= 0.6 is 0 Å². The van der Waals surface area contributed by atoms with E-state index in [1.165, 1.54) is 19.3 Å². The van der Waals surface area contributed by atoms with E-state index in [0.717, 1.165) is 18.8 Å². The van der Waals surface area contributed by atoms with E-state index in [0.29, 0.717) is 17.0 Å². The molecule has 2 heteroatoms. The Morgan fingerprint density at radius 1 is 0.947 bits per heavy atom. The molecule has 0 saturated heterocycles. The Bertz CT molecular complexity index is 512. The normalized spacial score (nSPS) is 25.4. The van der Waals surface area contributed by atoms with Gasteiger partial charge in [-0.2, -0.15) is 0 Å². The lowest BCUT2D eigenvalue weighted by molar-refractivity contribution is 0.0785. The number of ketones is 2. The second-order valence-electron chi connectivity index (χ2n) is 5.80. The highest BCUT2D eigenvalue weighted by atomic mass is 16.1. The Morgan fingerprint density at radius 2 is 1.58 bits per heavy atom. The fourth-order valence-corrected chi connectivity index (χ4v) is 3.65. The summed E-state index contributed by atoms with van der Waals surface area (Å²) in [5.41, 5.74) is 1.23. The third-order valence-corrected chi connectivity index (χ3v) is 4.67. The van der Waals surface area contributed by atoms with Crippen LogP contribution in [0.15, 0.2) is 24.3 Å². The van der Waals surface area contributed by atoms with Gasteiger partial charge in [-0.1, -0.05) is 50.5 Å². The first-order valence-corrected chi connectivity index (χ1v) is 7.21. The fraction of sp³-hybridized carbons (Fsp3) is 0.471. The van der Waals surface area contributed by atoms with Crippen LogP contribution in [0.25, 0.3) is 0 Å². The predicted molar refractivity (Wildman–Crippen MR) is 74.1 cm³/mol. The lowest BCUT2D eigenvalue weighted by Crippen LogP contribution is -2.38. The molecule has 1 atom stereocenters. The van der Waals surface area contributed by atoms with Crippen molar-refractivity contribution < 1.29 is 9.59 Å². The molecule has 2 aliphatic carbocycles. The van der Waals surface area contributed by atoms with Crippen LogP contribution in [0.2, 0.25) is 0 Å². The van der Waals surface area contributed by atoms with Gasteiger partial charge in [-0.25, -0.2) is 0 Å². The maximum Gasteiger partial charge on any atom is 0.171 e. The second kappa shape index (κ2) is 4.92. The van der Waals surface area contributed by atoms with Gasteiger partial charge in [0, 0.05) is 17.0 Å². The van der Waals surface area contributed by atoms with Crippen LogP contribution in [0.5, 0.6) is 0 Å². The molecule has 1 saturated carbocycles. The average Bonchev–Trinajstić information content (AvgIpc) is 2.46. The quantitative estimate of drug-likeness (QED) is 0.763. The predicted octanol–water partition coefficient (Wildman–Crippen LogP) is 3.86. The summed E-state index contributed by atoms with van der Waals surface area (Å²) in [6.07, 6.45) is 5.82. The number of hydrogen-bond donors (Lipinski definition) is 0. The van der Waals surface area contributed by atoms with Crippen molar-refractivity contribution >= 4 is 11.6 Å². The van der Waals surface area contributed by atoms with Gasteiger partial charge in [-0.15, -0.1) is 0 Å². The van der Waals surface area contributed by atoms with Crippen molar-refractivity contribution in [3.05, 3.63) is 41.3 Å². The van der Waals surface area contributed by atoms with Gasteiger partial charge >= 0.3 is 0 Å². The number of rotatable bonds is 1. The first kappa shape index (κ1) is 12.6. The van der Waals surface area contributed by atoms with Crippen LogP contribution < -0.4 is 0 Å². The fourth-order valence-electron chi connectivity index (χ4n) is 3.65. The van der Waals surface area contributed by atoms with E-state index in [1.807, 2.05) is 19.1 Å². The monoisotopic (exact) mass is 255 g/mol. The van der Waals surface area contributed by atoms with E-state index < -0.39 is 0 Å². The van der Waals surface area contributed by atoms with Gasteiger partial charge in [0.1, 0.15) is 0 Å². The molecule has 0 bridgehead atoms. The third kappa shape index (κ3) is 2.03. The SMILES string of the molecule is C[C]1C(=O)c2ccccc2C(=O)C1C1CCCCC1. The van der Waals surface area contributed by atoms with E-state index in [1.54, 1.807) is 12.1 Å². The minimum atomic E-state index is -0.164. The summed E-state index contributed by atoms with van der Waals surface area (Å²) in [7, 11) is 0. The number of carbonyl (C=O) groups is 2. The second-order valence-corrected chi connectivity index (χ2v) is 5.80. The standard InChI is InChI=1S/C17H19O2/c1-11-15(12-7-3-2-4-8-12)17(19)14-10-6-5-9-13(14)16(11)18/h5-6,9-10,12,15H,2-4,7-8H2,1H3. The molecule has 1 unspecified atom stereocenters. The first-order valence-electron chi connectivity index (χ1n) is 7.21. The Balaban J connectivity index is 1.99. The minimum Gasteiger partial charge on any atom is -0.294 e. The van der Waals surface area contributed by atoms with E-state index >= 15 is 0 Å². The van der Waals surface area contributed by atoms with E-state index in [2.05, 4.69) is 0 Å². The summed E-state index contributed by atoms with van der Waals surface area (Å²) in [6.45, 7) is 1.86. The highest BCUT2D eigenvalue weighted by molar-refractivity contribution is 6.21. The molecule has 3 rings (SSSR count). The van der Waals surface area contributed by atoms with Gasteiger partial charge in [0.25, 0.3) is 0 Å². The Kier molecular flexibility index (Phi) is 3.26. The van der Waals surface area contributed by atoms with Crippen LogP contribution in [-0.2, 0) is 0 Å². The van der Waals surface area contributed by atoms with Gasteiger partial charge in [0.15, 0.2) is 11.6 Å². The number of benzene rings is 1. The molecular weight excluding hydrogens is 236 g/mol. The van der Waals surface area contributed by atoms with Gasteiger partial charge < -0.3 is 0 Å². The number of fused-ring (bicyclic) bond motifs is 1. The molecule has 1 aromatic rings. The molecule has 19 heavy (non-hydrogen) atoms. The first-order chi connectivity index (χ1) is 9.20. The third-order valence-electron chi connectivity index (χ3n) is 4.67. The van der Waals surface area contributed by atoms with Gasteiger partial charge in [-0.05, 0) is 18.8 Å². The van der Waals surface area contributed by atoms with Crippen LogP contribution in [0.4, 0.5) is 0 Å². The van der Waals surface area contributed by atoms with Crippen molar-refractivity contribution in [2.75, 3.05) is 0 Å². The van der Waals surface area contributed by atoms with Crippen molar-refractivity contribution in [3.8, 4) is 0 Å². The maximum absolute atomic E-state index is 12.7. The zero-order valence-corrected chi connectivity index (χ0v) is 11.3. The van der Waals surface area contributed by atoms with Crippen LogP contribution in [0.1, 0.15) is 59.7 Å². The summed E-state index contributed by atoms with van der Waals surface area (Å²) in [5, 5.41) is 0. The molecule has 1 fully saturated rings. The molecule has 1 aromatic carbocycles. The smallest absolute Gasteiger partial charge is 0.171 e. The summed E-state index contributed by atoms with van der Waals surface area (Å²) in [5.74, 6) is 1.21. The highest BCUT2D eigenvalue weighted by Gasteiger charge is 2.43. The zero-order valence-electron chi connectivity index (χ0n) is 11.3. The summed E-state index contributed by atoms with van der Waals surface area (Å²) in [4.78, 5) is 25.1.